The highest BCUT2D eigenvalue weighted by Crippen LogP contribution is 1.99. The first kappa shape index (κ1) is 8.16. The zero-order valence-corrected chi connectivity index (χ0v) is 6.89. The van der Waals surface area contributed by atoms with Crippen LogP contribution in [0.15, 0.2) is 12.0 Å². The molecule has 5 nitrogen and oxygen atoms in total. The number of rotatable bonds is 3. The first-order valence-corrected chi connectivity index (χ1v) is 3.69. The van der Waals surface area contributed by atoms with Crippen molar-refractivity contribution in [3.05, 3.63) is 12.0 Å². The average molecular weight is 157 g/mol. The molecule has 64 valence electrons. The summed E-state index contributed by atoms with van der Waals surface area (Å²) >= 11 is 0. The van der Waals surface area contributed by atoms with Crippen LogP contribution in [0, 0.1) is 5.92 Å². The Balaban J connectivity index is 2.34. The average Bonchev–Trinajstić information content (AvgIpc) is 2.35. The fourth-order valence-corrected chi connectivity index (χ4v) is 0.887. The van der Waals surface area contributed by atoms with E-state index in [1.165, 1.54) is 0 Å². The molecule has 0 fully saturated rings. The number of nitrogens with two attached hydrogens (primary N) is 1. The molecule has 0 unspecified atom stereocenters. The molecule has 0 atom stereocenters. The Bertz CT molecular complexity index is 153. The van der Waals surface area contributed by atoms with Crippen LogP contribution in [0.2, 0.25) is 0 Å². The summed E-state index contributed by atoms with van der Waals surface area (Å²) < 4.78 is 0. The molecular formula is C6H15N5. The van der Waals surface area contributed by atoms with Crippen molar-refractivity contribution in [3.63, 3.8) is 0 Å². The third kappa shape index (κ3) is 2.28. The van der Waals surface area contributed by atoms with Crippen LogP contribution in [0.25, 0.3) is 0 Å². The molecule has 0 aromatic rings. The van der Waals surface area contributed by atoms with Crippen molar-refractivity contribution in [3.8, 4) is 0 Å². The van der Waals surface area contributed by atoms with Crippen LogP contribution < -0.4 is 22.2 Å². The van der Waals surface area contributed by atoms with Gasteiger partial charge in [0.2, 0.25) is 0 Å². The van der Waals surface area contributed by atoms with Gasteiger partial charge in [-0.2, -0.15) is 0 Å². The topological polar surface area (TPSA) is 65.3 Å². The van der Waals surface area contributed by atoms with Crippen molar-refractivity contribution >= 4 is 0 Å². The van der Waals surface area contributed by atoms with Crippen molar-refractivity contribution < 1.29 is 0 Å². The molecule has 0 aromatic heterocycles. The Hall–Kier alpha value is -0.940. The Labute approximate surface area is 66.5 Å². The third-order valence-corrected chi connectivity index (χ3v) is 1.34. The van der Waals surface area contributed by atoms with Crippen LogP contribution in [0.1, 0.15) is 13.8 Å². The van der Waals surface area contributed by atoms with E-state index in [1.807, 2.05) is 0 Å². The summed E-state index contributed by atoms with van der Waals surface area (Å²) in [7, 11) is 0. The Morgan fingerprint density at radius 2 is 2.36 bits per heavy atom. The molecular weight excluding hydrogens is 142 g/mol. The highest BCUT2D eigenvalue weighted by atomic mass is 15.7. The molecule has 0 radical (unpaired) electrons. The third-order valence-electron chi connectivity index (χ3n) is 1.34. The minimum atomic E-state index is 0.559. The van der Waals surface area contributed by atoms with Gasteiger partial charge in [0.15, 0.2) is 0 Å². The summed E-state index contributed by atoms with van der Waals surface area (Å²) in [6.07, 6.45) is 1.78. The van der Waals surface area contributed by atoms with Crippen LogP contribution in [0.5, 0.6) is 0 Å². The van der Waals surface area contributed by atoms with E-state index in [0.717, 1.165) is 12.4 Å². The molecule has 11 heavy (non-hydrogen) atoms. The molecule has 0 saturated carbocycles. The van der Waals surface area contributed by atoms with Gasteiger partial charge < -0.3 is 5.43 Å². The summed E-state index contributed by atoms with van der Waals surface area (Å²) in [5.74, 6) is 7.12. The van der Waals surface area contributed by atoms with Gasteiger partial charge in [0.1, 0.15) is 5.82 Å². The monoisotopic (exact) mass is 157 g/mol. The van der Waals surface area contributed by atoms with Crippen molar-refractivity contribution in [2.24, 2.45) is 11.8 Å². The first-order chi connectivity index (χ1) is 5.20. The van der Waals surface area contributed by atoms with E-state index in [9.17, 15) is 0 Å². The smallest absolute Gasteiger partial charge is 0.149 e. The van der Waals surface area contributed by atoms with E-state index in [4.69, 9.17) is 5.84 Å². The van der Waals surface area contributed by atoms with Crippen LogP contribution in [0.3, 0.4) is 0 Å². The standard InChI is InChI=1S/C6H15N5/c1-5(2)4-11(7)6-3-8-10-9-6/h3,5,8-10H,4,7H2,1-2H3. The lowest BCUT2D eigenvalue weighted by atomic mass is 10.2. The predicted molar refractivity (Wildman–Crippen MR) is 43.2 cm³/mol. The molecule has 1 rings (SSSR count). The maximum absolute atomic E-state index is 5.70. The van der Waals surface area contributed by atoms with Gasteiger partial charge in [0, 0.05) is 6.54 Å². The van der Waals surface area contributed by atoms with Crippen LogP contribution in [0.4, 0.5) is 0 Å². The van der Waals surface area contributed by atoms with Crippen LogP contribution in [-0.2, 0) is 0 Å². The number of hydrogen-bond acceptors (Lipinski definition) is 5. The summed E-state index contributed by atoms with van der Waals surface area (Å²) in [6.45, 7) is 5.08. The largest absolute Gasteiger partial charge is 0.308 e. The zero-order chi connectivity index (χ0) is 8.27. The summed E-state index contributed by atoms with van der Waals surface area (Å²) in [5, 5.41) is 1.66. The fraction of sp³-hybridized carbons (Fsp3) is 0.667. The Kier molecular flexibility index (Phi) is 2.56. The predicted octanol–water partition coefficient (Wildman–Crippen LogP) is -0.771. The van der Waals surface area contributed by atoms with Gasteiger partial charge in [-0.15, -0.1) is 5.53 Å². The Morgan fingerprint density at radius 1 is 1.64 bits per heavy atom. The molecule has 5 heteroatoms. The summed E-state index contributed by atoms with van der Waals surface area (Å²) in [4.78, 5) is 0. The minimum absolute atomic E-state index is 0.559. The number of nitrogens with zero attached hydrogens (tertiary/aromatic N) is 1. The minimum Gasteiger partial charge on any atom is -0.308 e. The lowest BCUT2D eigenvalue weighted by molar-refractivity contribution is 0.292. The number of hydrogen-bond donors (Lipinski definition) is 4. The summed E-state index contributed by atoms with van der Waals surface area (Å²) in [6, 6.07) is 0. The van der Waals surface area contributed by atoms with Gasteiger partial charge in [-0.05, 0) is 5.92 Å². The van der Waals surface area contributed by atoms with E-state index in [1.54, 1.807) is 11.2 Å². The molecule has 0 spiro atoms. The summed E-state index contributed by atoms with van der Waals surface area (Å²) in [5.41, 5.74) is 8.36. The van der Waals surface area contributed by atoms with E-state index < -0.39 is 0 Å². The van der Waals surface area contributed by atoms with Gasteiger partial charge in [-0.1, -0.05) is 13.8 Å². The highest BCUT2D eigenvalue weighted by molar-refractivity contribution is 4.97. The first-order valence-electron chi connectivity index (χ1n) is 3.69. The van der Waals surface area contributed by atoms with E-state index >= 15 is 0 Å². The van der Waals surface area contributed by atoms with E-state index in [-0.39, 0.29) is 0 Å². The van der Waals surface area contributed by atoms with Gasteiger partial charge in [0.05, 0.1) is 6.20 Å². The second kappa shape index (κ2) is 3.45. The van der Waals surface area contributed by atoms with Crippen molar-refractivity contribution in [2.45, 2.75) is 13.8 Å². The molecule has 1 aliphatic rings. The molecule has 1 heterocycles. The molecule has 0 aromatic carbocycles. The molecule has 0 saturated heterocycles. The maximum Gasteiger partial charge on any atom is 0.149 e. The van der Waals surface area contributed by atoms with Crippen molar-refractivity contribution in [2.75, 3.05) is 6.54 Å². The lowest BCUT2D eigenvalue weighted by Gasteiger charge is -2.20. The van der Waals surface area contributed by atoms with Gasteiger partial charge in [-0.25, -0.2) is 5.84 Å². The second-order valence-corrected chi connectivity index (χ2v) is 2.97. The Morgan fingerprint density at radius 3 is 2.82 bits per heavy atom. The van der Waals surface area contributed by atoms with Crippen molar-refractivity contribution in [1.82, 2.24) is 21.4 Å². The molecule has 1 aliphatic heterocycles. The molecule has 0 bridgehead atoms. The van der Waals surface area contributed by atoms with Gasteiger partial charge >= 0.3 is 0 Å². The van der Waals surface area contributed by atoms with E-state index in [2.05, 4.69) is 30.2 Å². The van der Waals surface area contributed by atoms with Crippen molar-refractivity contribution in [1.29, 1.82) is 0 Å². The maximum atomic E-state index is 5.70. The molecule has 0 aliphatic carbocycles. The SMILES string of the molecule is CC(C)CN(N)C1=CNNN1. The number of nitrogens with one attached hydrogen (secondary N) is 3. The van der Waals surface area contributed by atoms with Gasteiger partial charge in [-0.3, -0.25) is 10.4 Å². The number of hydrazine groups is 3. The van der Waals surface area contributed by atoms with Crippen LogP contribution >= 0.6 is 0 Å². The normalized spacial score (nSPS) is 15.8. The van der Waals surface area contributed by atoms with E-state index in [0.29, 0.717) is 5.92 Å². The zero-order valence-electron chi connectivity index (χ0n) is 6.89. The van der Waals surface area contributed by atoms with Gasteiger partial charge in [0.25, 0.3) is 0 Å². The molecule has 0 amide bonds. The highest BCUT2D eigenvalue weighted by Gasteiger charge is 2.09. The lowest BCUT2D eigenvalue weighted by Crippen LogP contribution is -2.41. The quantitative estimate of drug-likeness (QED) is 0.320. The molecule has 5 N–H and O–H groups in total. The second-order valence-electron chi connectivity index (χ2n) is 2.97. The van der Waals surface area contributed by atoms with Crippen LogP contribution in [-0.4, -0.2) is 11.6 Å². The fourth-order valence-electron chi connectivity index (χ4n) is 0.887.